The zero-order valence-corrected chi connectivity index (χ0v) is 12.7. The monoisotopic (exact) mass is 308 g/mol. The molecule has 7 nitrogen and oxygen atoms in total. The SMILES string of the molecule is CC1COOOOOCCCCCCCC1CC(O)CO. The highest BCUT2D eigenvalue weighted by Gasteiger charge is 2.21. The minimum atomic E-state index is -0.687. The number of hydrogen-bond donors (Lipinski definition) is 2. The van der Waals surface area contributed by atoms with Crippen molar-refractivity contribution in [2.24, 2.45) is 11.8 Å². The Hall–Kier alpha value is -0.280. The van der Waals surface area contributed by atoms with Crippen molar-refractivity contribution in [3.63, 3.8) is 0 Å². The van der Waals surface area contributed by atoms with E-state index in [-0.39, 0.29) is 18.4 Å². The summed E-state index contributed by atoms with van der Waals surface area (Å²) < 4.78 is 0. The molecule has 0 aromatic heterocycles. The summed E-state index contributed by atoms with van der Waals surface area (Å²) >= 11 is 0. The Morgan fingerprint density at radius 1 is 1.00 bits per heavy atom. The van der Waals surface area contributed by atoms with Gasteiger partial charge in [0.1, 0.15) is 0 Å². The van der Waals surface area contributed by atoms with Crippen molar-refractivity contribution in [2.75, 3.05) is 19.8 Å². The van der Waals surface area contributed by atoms with Crippen LogP contribution in [0.3, 0.4) is 0 Å². The first-order valence-electron chi connectivity index (χ1n) is 7.77. The molecule has 7 heteroatoms. The van der Waals surface area contributed by atoms with Gasteiger partial charge in [0.05, 0.1) is 25.9 Å². The van der Waals surface area contributed by atoms with Crippen LogP contribution in [0.5, 0.6) is 0 Å². The number of hydrogen-bond acceptors (Lipinski definition) is 7. The third kappa shape index (κ3) is 9.36. The van der Waals surface area contributed by atoms with Crippen LogP contribution < -0.4 is 0 Å². The van der Waals surface area contributed by atoms with Gasteiger partial charge in [-0.05, 0) is 39.8 Å². The molecule has 1 saturated heterocycles. The largest absolute Gasteiger partial charge is 0.394 e. The predicted molar refractivity (Wildman–Crippen MR) is 73.2 cm³/mol. The Morgan fingerprint density at radius 3 is 2.52 bits per heavy atom. The third-order valence-corrected chi connectivity index (χ3v) is 3.88. The van der Waals surface area contributed by atoms with Crippen molar-refractivity contribution >= 4 is 0 Å². The van der Waals surface area contributed by atoms with Crippen LogP contribution in [-0.4, -0.2) is 36.1 Å². The van der Waals surface area contributed by atoms with Crippen LogP contribution in [0.25, 0.3) is 0 Å². The quantitative estimate of drug-likeness (QED) is 0.772. The van der Waals surface area contributed by atoms with Gasteiger partial charge in [0.15, 0.2) is 0 Å². The summed E-state index contributed by atoms with van der Waals surface area (Å²) in [5.41, 5.74) is 0. The van der Waals surface area contributed by atoms with Crippen molar-refractivity contribution in [3.05, 3.63) is 0 Å². The maximum absolute atomic E-state index is 9.65. The molecule has 0 aromatic rings. The predicted octanol–water partition coefficient (Wildman–Crippen LogP) is 2.08. The van der Waals surface area contributed by atoms with Crippen molar-refractivity contribution in [2.45, 2.75) is 58.0 Å². The molecule has 0 aromatic carbocycles. The van der Waals surface area contributed by atoms with E-state index in [1.54, 1.807) is 0 Å². The van der Waals surface area contributed by atoms with Gasteiger partial charge in [-0.25, -0.2) is 9.78 Å². The van der Waals surface area contributed by atoms with Gasteiger partial charge in [-0.3, -0.25) is 0 Å². The second-order valence-electron chi connectivity index (χ2n) is 5.68. The van der Waals surface area contributed by atoms with E-state index in [4.69, 9.17) is 14.9 Å². The van der Waals surface area contributed by atoms with E-state index < -0.39 is 6.10 Å². The maximum Gasteiger partial charge on any atom is 0.0883 e. The van der Waals surface area contributed by atoms with Gasteiger partial charge < -0.3 is 10.2 Å². The fourth-order valence-electron chi connectivity index (χ4n) is 2.51. The van der Waals surface area contributed by atoms with Gasteiger partial charge in [-0.15, -0.1) is 0 Å². The summed E-state index contributed by atoms with van der Waals surface area (Å²) in [6.07, 6.45) is 6.22. The van der Waals surface area contributed by atoms with Crippen LogP contribution in [0.15, 0.2) is 0 Å². The van der Waals surface area contributed by atoms with E-state index in [0.717, 1.165) is 38.5 Å². The van der Waals surface area contributed by atoms with Crippen LogP contribution in [0.4, 0.5) is 0 Å². The molecule has 2 N–H and O–H groups in total. The van der Waals surface area contributed by atoms with Crippen molar-refractivity contribution in [3.8, 4) is 0 Å². The van der Waals surface area contributed by atoms with Crippen molar-refractivity contribution in [1.82, 2.24) is 0 Å². The van der Waals surface area contributed by atoms with Crippen LogP contribution in [0.2, 0.25) is 0 Å². The Labute approximate surface area is 125 Å². The average molecular weight is 308 g/mol. The molecule has 126 valence electrons. The van der Waals surface area contributed by atoms with Crippen molar-refractivity contribution in [1.29, 1.82) is 0 Å². The lowest BCUT2D eigenvalue weighted by atomic mass is 9.85. The second-order valence-corrected chi connectivity index (χ2v) is 5.68. The molecule has 1 fully saturated rings. The van der Waals surface area contributed by atoms with Gasteiger partial charge >= 0.3 is 0 Å². The molecule has 3 atom stereocenters. The maximum atomic E-state index is 9.65. The molecule has 1 rings (SSSR count). The molecule has 0 spiro atoms. The third-order valence-electron chi connectivity index (χ3n) is 3.88. The van der Waals surface area contributed by atoms with Crippen LogP contribution in [0.1, 0.15) is 51.9 Å². The number of aliphatic hydroxyl groups excluding tert-OH is 2. The Balaban J connectivity index is 2.41. The van der Waals surface area contributed by atoms with Crippen LogP contribution in [-0.2, 0) is 24.9 Å². The minimum absolute atomic E-state index is 0.167. The molecule has 0 aliphatic carbocycles. The first kappa shape index (κ1) is 18.8. The molecule has 0 bridgehead atoms. The molecule has 1 heterocycles. The molecule has 1 aliphatic heterocycles. The topological polar surface area (TPSA) is 86.6 Å². The summed E-state index contributed by atoms with van der Waals surface area (Å²) in [4.78, 5) is 9.63. The summed E-state index contributed by atoms with van der Waals surface area (Å²) in [5, 5.41) is 31.7. The normalized spacial score (nSPS) is 29.3. The highest BCUT2D eigenvalue weighted by Crippen LogP contribution is 2.25. The van der Waals surface area contributed by atoms with Crippen LogP contribution >= 0.6 is 0 Å². The second kappa shape index (κ2) is 12.3. The zero-order valence-electron chi connectivity index (χ0n) is 12.7. The average Bonchev–Trinajstić information content (AvgIpc) is 2.50. The molecule has 0 saturated carbocycles. The van der Waals surface area contributed by atoms with Crippen molar-refractivity contribution < 1.29 is 35.1 Å². The van der Waals surface area contributed by atoms with E-state index in [2.05, 4.69) is 15.1 Å². The van der Waals surface area contributed by atoms with E-state index >= 15 is 0 Å². The van der Waals surface area contributed by atoms with E-state index in [9.17, 15) is 5.11 Å². The molecular formula is C14H28O7. The zero-order chi connectivity index (χ0) is 15.3. The highest BCUT2D eigenvalue weighted by molar-refractivity contribution is 4.70. The number of aliphatic hydroxyl groups is 2. The molecule has 3 unspecified atom stereocenters. The summed E-state index contributed by atoms with van der Waals surface area (Å²) in [6.45, 7) is 2.57. The highest BCUT2D eigenvalue weighted by atomic mass is 17.8. The Bertz CT molecular complexity index is 239. The van der Waals surface area contributed by atoms with E-state index in [1.807, 2.05) is 6.92 Å². The van der Waals surface area contributed by atoms with Gasteiger partial charge in [-0.2, -0.15) is 0 Å². The lowest BCUT2D eigenvalue weighted by molar-refractivity contribution is -0.709. The van der Waals surface area contributed by atoms with Gasteiger partial charge in [0, 0.05) is 0 Å². The first-order chi connectivity index (χ1) is 10.2. The fraction of sp³-hybridized carbons (Fsp3) is 1.00. The lowest BCUT2D eigenvalue weighted by Gasteiger charge is -2.25. The van der Waals surface area contributed by atoms with Gasteiger partial charge in [0.2, 0.25) is 0 Å². The molecule has 0 amide bonds. The smallest absolute Gasteiger partial charge is 0.0883 e. The summed E-state index contributed by atoms with van der Waals surface area (Å²) in [6, 6.07) is 0. The molecular weight excluding hydrogens is 280 g/mol. The Kier molecular flexibility index (Phi) is 11.0. The lowest BCUT2D eigenvalue weighted by Crippen LogP contribution is -2.24. The molecule has 21 heavy (non-hydrogen) atoms. The van der Waals surface area contributed by atoms with E-state index in [1.165, 1.54) is 0 Å². The van der Waals surface area contributed by atoms with E-state index in [0.29, 0.717) is 19.6 Å². The first-order valence-corrected chi connectivity index (χ1v) is 7.77. The standard InChI is InChI=1S/C14H28O7/c1-12-11-18-20-21-19-17-8-6-4-2-3-5-7-13(12)9-14(16)10-15/h12-16H,2-11H2,1H3. The van der Waals surface area contributed by atoms with Gasteiger partial charge in [0.25, 0.3) is 0 Å². The van der Waals surface area contributed by atoms with Crippen LogP contribution in [0, 0.1) is 11.8 Å². The molecule has 1 aliphatic rings. The Morgan fingerprint density at radius 2 is 1.71 bits per heavy atom. The number of rotatable bonds is 3. The van der Waals surface area contributed by atoms with Gasteiger partial charge in [-0.1, -0.05) is 39.0 Å². The minimum Gasteiger partial charge on any atom is -0.394 e. The summed E-state index contributed by atoms with van der Waals surface area (Å²) in [5.74, 6) is 0.430. The molecule has 0 radical (unpaired) electrons. The fourth-order valence-corrected chi connectivity index (χ4v) is 2.51. The summed E-state index contributed by atoms with van der Waals surface area (Å²) in [7, 11) is 0.